The second kappa shape index (κ2) is 3.73. The van der Waals surface area contributed by atoms with Crippen LogP contribution in [0.5, 0.6) is 0 Å². The van der Waals surface area contributed by atoms with E-state index in [0.29, 0.717) is 5.69 Å². The molecule has 0 saturated heterocycles. The Hall–Kier alpha value is -1.84. The van der Waals surface area contributed by atoms with E-state index >= 15 is 0 Å². The zero-order valence-corrected chi connectivity index (χ0v) is 8.04. The molecule has 0 aliphatic rings. The van der Waals surface area contributed by atoms with Crippen LogP contribution < -0.4 is 0 Å². The van der Waals surface area contributed by atoms with Crippen molar-refractivity contribution in [3.05, 3.63) is 47.9 Å². The number of aromatic nitrogens is 2. The average Bonchev–Trinajstić information content (AvgIpc) is 2.23. The molecule has 0 atom stereocenters. The molecule has 4 heteroatoms. The fraction of sp³-hybridized carbons (Fsp3) is 0.0909. The monoisotopic (exact) mass is 206 g/mol. The molecule has 0 aliphatic carbocycles. The Morgan fingerprint density at radius 2 is 1.87 bits per heavy atom. The van der Waals surface area contributed by atoms with E-state index < -0.39 is 11.8 Å². The van der Waals surface area contributed by atoms with Gasteiger partial charge in [0.1, 0.15) is 5.82 Å². The van der Waals surface area contributed by atoms with Gasteiger partial charge in [-0.3, -0.25) is 4.98 Å². The van der Waals surface area contributed by atoms with Crippen molar-refractivity contribution < 1.29 is 8.78 Å². The minimum atomic E-state index is -0.715. The van der Waals surface area contributed by atoms with Crippen LogP contribution in [0, 0.1) is 18.7 Å². The molecule has 0 fully saturated rings. The Balaban J connectivity index is 2.53. The molecule has 0 N–H and O–H groups in total. The van der Waals surface area contributed by atoms with Gasteiger partial charge in [-0.15, -0.1) is 0 Å². The topological polar surface area (TPSA) is 25.8 Å². The third-order valence-electron chi connectivity index (χ3n) is 1.99. The first-order chi connectivity index (χ1) is 7.16. The lowest BCUT2D eigenvalue weighted by molar-refractivity contribution is 0.563. The summed E-state index contributed by atoms with van der Waals surface area (Å²) in [5.41, 5.74) is 1.42. The van der Waals surface area contributed by atoms with Crippen molar-refractivity contribution >= 4 is 0 Å². The van der Waals surface area contributed by atoms with Crippen molar-refractivity contribution in [1.29, 1.82) is 0 Å². The number of hydrogen-bond acceptors (Lipinski definition) is 2. The van der Waals surface area contributed by atoms with Gasteiger partial charge in [-0.25, -0.2) is 9.37 Å². The smallest absolute Gasteiger partial charge is 0.222 e. The van der Waals surface area contributed by atoms with Gasteiger partial charge < -0.3 is 0 Å². The Labute approximate surface area is 85.6 Å². The number of nitrogens with zero attached hydrogens (tertiary/aromatic N) is 2. The lowest BCUT2D eigenvalue weighted by atomic mass is 10.1. The van der Waals surface area contributed by atoms with Crippen LogP contribution in [0.25, 0.3) is 11.3 Å². The summed E-state index contributed by atoms with van der Waals surface area (Å²) in [5, 5.41) is 0. The molecule has 0 bridgehead atoms. The van der Waals surface area contributed by atoms with E-state index in [1.807, 2.05) is 6.92 Å². The molecule has 2 rings (SSSR count). The molecule has 0 aromatic carbocycles. The normalized spacial score (nSPS) is 10.3. The molecule has 0 unspecified atom stereocenters. The molecular weight excluding hydrogens is 198 g/mol. The average molecular weight is 206 g/mol. The quantitative estimate of drug-likeness (QED) is 0.670. The molecule has 0 amide bonds. The van der Waals surface area contributed by atoms with Gasteiger partial charge >= 0.3 is 0 Å². The van der Waals surface area contributed by atoms with Crippen LogP contribution in [0.2, 0.25) is 0 Å². The van der Waals surface area contributed by atoms with E-state index in [4.69, 9.17) is 0 Å². The highest BCUT2D eigenvalue weighted by atomic mass is 19.1. The summed E-state index contributed by atoms with van der Waals surface area (Å²) < 4.78 is 26.1. The van der Waals surface area contributed by atoms with Gasteiger partial charge in [0, 0.05) is 6.20 Å². The van der Waals surface area contributed by atoms with Crippen molar-refractivity contribution in [2.45, 2.75) is 6.92 Å². The molecule has 0 spiro atoms. The van der Waals surface area contributed by atoms with E-state index in [2.05, 4.69) is 9.97 Å². The number of halogens is 2. The Bertz CT molecular complexity index is 480. The molecule has 0 aliphatic heterocycles. The van der Waals surface area contributed by atoms with Gasteiger partial charge in [0.05, 0.1) is 17.5 Å². The highest BCUT2D eigenvalue weighted by Gasteiger charge is 2.08. The van der Waals surface area contributed by atoms with Crippen molar-refractivity contribution in [2.24, 2.45) is 0 Å². The summed E-state index contributed by atoms with van der Waals surface area (Å²) in [6.07, 6.45) is 2.44. The second-order valence-corrected chi connectivity index (χ2v) is 3.21. The van der Waals surface area contributed by atoms with Gasteiger partial charge in [0.2, 0.25) is 5.95 Å². The third kappa shape index (κ3) is 1.98. The van der Waals surface area contributed by atoms with Gasteiger partial charge in [-0.2, -0.15) is 4.39 Å². The summed E-state index contributed by atoms with van der Waals surface area (Å²) in [6, 6.07) is 4.50. The predicted octanol–water partition coefficient (Wildman–Crippen LogP) is 2.73. The van der Waals surface area contributed by atoms with Gasteiger partial charge in [-0.1, -0.05) is 6.07 Å². The number of rotatable bonds is 1. The Morgan fingerprint density at radius 3 is 2.53 bits per heavy atom. The van der Waals surface area contributed by atoms with Crippen molar-refractivity contribution in [1.82, 2.24) is 9.97 Å². The fourth-order valence-electron chi connectivity index (χ4n) is 1.23. The van der Waals surface area contributed by atoms with Gasteiger partial charge in [-0.05, 0) is 24.6 Å². The standard InChI is InChI=1S/C11H8F2N2/c1-7-2-3-10(14-5-7)9-4-8(12)6-15-11(9)13/h2-6H,1H3. The summed E-state index contributed by atoms with van der Waals surface area (Å²) in [4.78, 5) is 7.30. The van der Waals surface area contributed by atoms with E-state index in [-0.39, 0.29) is 5.56 Å². The molecule has 76 valence electrons. The minimum absolute atomic E-state index is 0.0787. The molecule has 2 heterocycles. The zero-order chi connectivity index (χ0) is 10.8. The van der Waals surface area contributed by atoms with Crippen LogP contribution >= 0.6 is 0 Å². The Kier molecular flexibility index (Phi) is 2.41. The summed E-state index contributed by atoms with van der Waals surface area (Å²) in [5.74, 6) is -1.29. The van der Waals surface area contributed by atoms with E-state index in [9.17, 15) is 8.78 Å². The molecule has 15 heavy (non-hydrogen) atoms. The third-order valence-corrected chi connectivity index (χ3v) is 1.99. The number of aryl methyl sites for hydroxylation is 1. The zero-order valence-electron chi connectivity index (χ0n) is 8.04. The van der Waals surface area contributed by atoms with Crippen LogP contribution in [0.3, 0.4) is 0 Å². The lowest BCUT2D eigenvalue weighted by Gasteiger charge is -2.01. The van der Waals surface area contributed by atoms with Gasteiger partial charge in [0.25, 0.3) is 0 Å². The highest BCUT2D eigenvalue weighted by Crippen LogP contribution is 2.19. The maximum Gasteiger partial charge on any atom is 0.222 e. The lowest BCUT2D eigenvalue weighted by Crippen LogP contribution is -1.93. The summed E-state index contributed by atoms with van der Waals surface area (Å²) in [6.45, 7) is 1.87. The van der Waals surface area contributed by atoms with Crippen LogP contribution in [0.1, 0.15) is 5.56 Å². The van der Waals surface area contributed by atoms with Crippen LogP contribution in [-0.4, -0.2) is 9.97 Å². The number of pyridine rings is 2. The van der Waals surface area contributed by atoms with E-state index in [1.165, 1.54) is 0 Å². The maximum atomic E-state index is 13.2. The highest BCUT2D eigenvalue weighted by molar-refractivity contribution is 5.58. The molecule has 0 radical (unpaired) electrons. The largest absolute Gasteiger partial charge is 0.256 e. The summed E-state index contributed by atoms with van der Waals surface area (Å²) >= 11 is 0. The molecule has 2 aromatic rings. The van der Waals surface area contributed by atoms with Crippen LogP contribution in [-0.2, 0) is 0 Å². The molecule has 2 nitrogen and oxygen atoms in total. The molecule has 2 aromatic heterocycles. The first-order valence-corrected chi connectivity index (χ1v) is 4.41. The summed E-state index contributed by atoms with van der Waals surface area (Å²) in [7, 11) is 0. The van der Waals surface area contributed by atoms with Crippen molar-refractivity contribution in [2.75, 3.05) is 0 Å². The predicted molar refractivity (Wildman–Crippen MR) is 52.1 cm³/mol. The second-order valence-electron chi connectivity index (χ2n) is 3.21. The first kappa shape index (κ1) is 9.71. The minimum Gasteiger partial charge on any atom is -0.256 e. The molecule has 0 saturated carbocycles. The molecular formula is C11H8F2N2. The van der Waals surface area contributed by atoms with Crippen LogP contribution in [0.4, 0.5) is 8.78 Å². The maximum absolute atomic E-state index is 13.2. The number of hydrogen-bond donors (Lipinski definition) is 0. The SMILES string of the molecule is Cc1ccc(-c2cc(F)cnc2F)nc1. The van der Waals surface area contributed by atoms with Crippen molar-refractivity contribution in [3.8, 4) is 11.3 Å². The fourth-order valence-corrected chi connectivity index (χ4v) is 1.23. The van der Waals surface area contributed by atoms with E-state index in [0.717, 1.165) is 17.8 Å². The van der Waals surface area contributed by atoms with Crippen molar-refractivity contribution in [3.63, 3.8) is 0 Å². The first-order valence-electron chi connectivity index (χ1n) is 4.41. The Morgan fingerprint density at radius 1 is 1.07 bits per heavy atom. The van der Waals surface area contributed by atoms with E-state index in [1.54, 1.807) is 18.3 Å². The van der Waals surface area contributed by atoms with Gasteiger partial charge in [0.15, 0.2) is 0 Å². The van der Waals surface area contributed by atoms with Crippen LogP contribution in [0.15, 0.2) is 30.6 Å².